The van der Waals surface area contributed by atoms with Gasteiger partial charge in [0.05, 0.1) is 64.4 Å². The van der Waals surface area contributed by atoms with Gasteiger partial charge in [0.25, 0.3) is 10.1 Å². The van der Waals surface area contributed by atoms with Gasteiger partial charge in [-0.2, -0.15) is 8.42 Å². The number of benzene rings is 2. The Morgan fingerprint density at radius 1 is 0.686 bits per heavy atom. The largest absolute Gasteiger partial charge is 0.377 e. The maximum Gasteiger partial charge on any atom is 0.297 e. The zero-order chi connectivity index (χ0) is 25.4. The molecule has 0 saturated carbocycles. The highest BCUT2D eigenvalue weighted by atomic mass is 32.2. The van der Waals surface area contributed by atoms with E-state index in [-0.39, 0.29) is 18.1 Å². The molecule has 0 amide bonds. The minimum Gasteiger partial charge on any atom is -0.377 e. The lowest BCUT2D eigenvalue weighted by Crippen LogP contribution is -2.27. The number of anilines is 1. The molecule has 0 spiro atoms. The van der Waals surface area contributed by atoms with Crippen molar-refractivity contribution in [3.63, 3.8) is 0 Å². The summed E-state index contributed by atoms with van der Waals surface area (Å²) in [7, 11) is -3.75. The van der Waals surface area contributed by atoms with Gasteiger partial charge in [-0.25, -0.2) is 0 Å². The second-order valence-corrected chi connectivity index (χ2v) is 9.57. The fourth-order valence-corrected chi connectivity index (χ4v) is 4.10. The normalized spacial score (nSPS) is 11.6. The zero-order valence-electron chi connectivity index (χ0n) is 21.1. The molecule has 0 radical (unpaired) electrons. The van der Waals surface area contributed by atoms with Gasteiger partial charge < -0.3 is 23.8 Å². The van der Waals surface area contributed by atoms with Gasteiger partial charge in [0.2, 0.25) is 0 Å². The van der Waals surface area contributed by atoms with Crippen LogP contribution in [0.5, 0.6) is 0 Å². The van der Waals surface area contributed by atoms with E-state index in [4.69, 9.17) is 23.1 Å². The van der Waals surface area contributed by atoms with Crippen LogP contribution < -0.4 is 4.90 Å². The lowest BCUT2D eigenvalue weighted by Gasteiger charge is -2.23. The SMILES string of the molecule is CCN(CCOCCOCCOCCOCCOS(=O)(=O)c1ccc(C)cc1)c1cccc(C)c1. The monoisotopic (exact) mass is 509 g/mol. The van der Waals surface area contributed by atoms with Crippen LogP contribution in [0.4, 0.5) is 5.69 Å². The molecule has 0 fully saturated rings. The van der Waals surface area contributed by atoms with Crippen LogP contribution >= 0.6 is 0 Å². The van der Waals surface area contributed by atoms with Crippen LogP contribution in [0.3, 0.4) is 0 Å². The predicted octanol–water partition coefficient (Wildman–Crippen LogP) is 3.60. The maximum absolute atomic E-state index is 12.0. The molecular formula is C26H39NO7S. The summed E-state index contributed by atoms with van der Waals surface area (Å²) in [6.07, 6.45) is 0. The molecule has 0 aromatic heterocycles. The summed E-state index contributed by atoms with van der Waals surface area (Å²) in [6, 6.07) is 15.0. The number of nitrogens with zero attached hydrogens (tertiary/aromatic N) is 1. The first-order valence-corrected chi connectivity index (χ1v) is 13.4. The van der Waals surface area contributed by atoms with E-state index >= 15 is 0 Å². The van der Waals surface area contributed by atoms with Gasteiger partial charge in [0.15, 0.2) is 0 Å². The van der Waals surface area contributed by atoms with Gasteiger partial charge in [-0.05, 0) is 50.6 Å². The van der Waals surface area contributed by atoms with Crippen molar-refractivity contribution >= 4 is 15.8 Å². The first kappa shape index (κ1) is 29.2. The first-order valence-electron chi connectivity index (χ1n) is 12.0. The fraction of sp³-hybridized carbons (Fsp3) is 0.538. The fourth-order valence-electron chi connectivity index (χ4n) is 3.21. The van der Waals surface area contributed by atoms with Gasteiger partial charge >= 0.3 is 0 Å². The van der Waals surface area contributed by atoms with Crippen molar-refractivity contribution in [2.24, 2.45) is 0 Å². The smallest absolute Gasteiger partial charge is 0.297 e. The van der Waals surface area contributed by atoms with Crippen LogP contribution in [0.25, 0.3) is 0 Å². The van der Waals surface area contributed by atoms with Gasteiger partial charge in [0.1, 0.15) is 0 Å². The molecule has 0 aliphatic rings. The molecule has 0 N–H and O–H groups in total. The number of likely N-dealkylation sites (N-methyl/N-ethyl adjacent to an activating group) is 1. The van der Waals surface area contributed by atoms with E-state index in [0.29, 0.717) is 46.2 Å². The Morgan fingerprint density at radius 2 is 1.23 bits per heavy atom. The molecule has 2 rings (SSSR count). The highest BCUT2D eigenvalue weighted by Gasteiger charge is 2.14. The van der Waals surface area contributed by atoms with Crippen LogP contribution in [0.15, 0.2) is 53.4 Å². The second-order valence-electron chi connectivity index (χ2n) is 7.96. The van der Waals surface area contributed by atoms with Crippen LogP contribution in [0, 0.1) is 13.8 Å². The third-order valence-electron chi connectivity index (χ3n) is 5.15. The number of rotatable bonds is 19. The molecule has 0 unspecified atom stereocenters. The minimum atomic E-state index is -3.75. The van der Waals surface area contributed by atoms with Crippen LogP contribution in [-0.2, 0) is 33.2 Å². The Balaban J connectivity index is 1.38. The van der Waals surface area contributed by atoms with Crippen LogP contribution in [-0.4, -0.2) is 81.0 Å². The van der Waals surface area contributed by atoms with Gasteiger partial charge in [-0.1, -0.05) is 29.8 Å². The minimum absolute atomic E-state index is 0.0413. The first-order chi connectivity index (χ1) is 16.9. The zero-order valence-corrected chi connectivity index (χ0v) is 21.9. The topological polar surface area (TPSA) is 83.5 Å². The molecule has 0 bridgehead atoms. The molecule has 0 saturated heterocycles. The van der Waals surface area contributed by atoms with Crippen molar-refractivity contribution in [2.45, 2.75) is 25.7 Å². The summed E-state index contributed by atoms with van der Waals surface area (Å²) in [6.45, 7) is 11.4. The van der Waals surface area contributed by atoms with E-state index in [2.05, 4.69) is 43.0 Å². The maximum atomic E-state index is 12.0. The summed E-state index contributed by atoms with van der Waals surface area (Å²) < 4.78 is 51.0. The van der Waals surface area contributed by atoms with Gasteiger partial charge in [-0.15, -0.1) is 0 Å². The third kappa shape index (κ3) is 12.0. The second kappa shape index (κ2) is 16.6. The number of aryl methyl sites for hydroxylation is 2. The predicted molar refractivity (Wildman–Crippen MR) is 137 cm³/mol. The van der Waals surface area contributed by atoms with E-state index in [1.54, 1.807) is 12.1 Å². The summed E-state index contributed by atoms with van der Waals surface area (Å²) in [5.74, 6) is 0. The number of ether oxygens (including phenoxy) is 4. The molecule has 0 aliphatic heterocycles. The molecule has 2 aromatic rings. The molecular weight excluding hydrogens is 470 g/mol. The lowest BCUT2D eigenvalue weighted by molar-refractivity contribution is -0.00374. The Kier molecular flexibility index (Phi) is 13.9. The quantitative estimate of drug-likeness (QED) is 0.210. The molecule has 8 nitrogen and oxygen atoms in total. The van der Waals surface area contributed by atoms with Gasteiger partial charge in [0, 0.05) is 18.8 Å². The van der Waals surface area contributed by atoms with E-state index in [9.17, 15) is 8.42 Å². The van der Waals surface area contributed by atoms with E-state index < -0.39 is 10.1 Å². The number of hydrogen-bond donors (Lipinski definition) is 0. The molecule has 35 heavy (non-hydrogen) atoms. The van der Waals surface area contributed by atoms with Crippen LogP contribution in [0.2, 0.25) is 0 Å². The summed E-state index contributed by atoms with van der Waals surface area (Å²) in [5, 5.41) is 0. The van der Waals surface area contributed by atoms with E-state index in [1.165, 1.54) is 23.4 Å². The Labute approximate surface area is 210 Å². The lowest BCUT2D eigenvalue weighted by atomic mass is 10.2. The molecule has 0 atom stereocenters. The summed E-state index contributed by atoms with van der Waals surface area (Å²) in [5.41, 5.74) is 3.45. The van der Waals surface area contributed by atoms with Crippen molar-refractivity contribution in [3.05, 3.63) is 59.7 Å². The van der Waals surface area contributed by atoms with Crippen molar-refractivity contribution in [2.75, 3.05) is 77.5 Å². The van der Waals surface area contributed by atoms with Crippen molar-refractivity contribution in [1.82, 2.24) is 0 Å². The van der Waals surface area contributed by atoms with Gasteiger partial charge in [-0.3, -0.25) is 4.18 Å². The molecule has 9 heteroatoms. The third-order valence-corrected chi connectivity index (χ3v) is 6.47. The average Bonchev–Trinajstić information content (AvgIpc) is 2.84. The van der Waals surface area contributed by atoms with E-state index in [1.807, 2.05) is 6.92 Å². The Morgan fingerprint density at radius 3 is 1.77 bits per heavy atom. The summed E-state index contributed by atoms with van der Waals surface area (Å²) in [4.78, 5) is 2.43. The van der Waals surface area contributed by atoms with Crippen molar-refractivity contribution in [1.29, 1.82) is 0 Å². The average molecular weight is 510 g/mol. The highest BCUT2D eigenvalue weighted by Crippen LogP contribution is 2.15. The van der Waals surface area contributed by atoms with Crippen molar-refractivity contribution in [3.8, 4) is 0 Å². The Bertz CT molecular complexity index is 935. The molecule has 2 aromatic carbocycles. The molecule has 0 aliphatic carbocycles. The molecule has 0 heterocycles. The Hall–Kier alpha value is -2.01. The standard InChI is InChI=1S/C26H39NO7S/c1-4-27(25-7-5-6-24(3)22-25)12-13-30-14-15-31-16-17-32-18-19-33-20-21-34-35(28,29)26-10-8-23(2)9-11-26/h5-11,22H,4,12-21H2,1-3H3. The molecule has 196 valence electrons. The van der Waals surface area contributed by atoms with Crippen molar-refractivity contribution < 1.29 is 31.5 Å². The summed E-state index contributed by atoms with van der Waals surface area (Å²) >= 11 is 0. The van der Waals surface area contributed by atoms with Crippen LogP contribution in [0.1, 0.15) is 18.1 Å². The highest BCUT2D eigenvalue weighted by molar-refractivity contribution is 7.86. The number of hydrogen-bond acceptors (Lipinski definition) is 8. The van der Waals surface area contributed by atoms with E-state index in [0.717, 1.165) is 18.7 Å².